The average molecular weight is 603 g/mol. The third kappa shape index (κ3) is 16.9. The van der Waals surface area contributed by atoms with Gasteiger partial charge in [-0.1, -0.05) is 50.9 Å². The highest BCUT2D eigenvalue weighted by atomic mass is 79.9. The van der Waals surface area contributed by atoms with Crippen LogP contribution < -0.4 is 22.4 Å². The van der Waals surface area contributed by atoms with Crippen LogP contribution in [-0.2, 0) is 4.74 Å². The summed E-state index contributed by atoms with van der Waals surface area (Å²) < 4.78 is 7.08. The maximum absolute atomic E-state index is 7.46. The van der Waals surface area contributed by atoms with Gasteiger partial charge < -0.3 is 15.9 Å². The van der Waals surface area contributed by atoms with Crippen molar-refractivity contribution in [3.05, 3.63) is 68.6 Å². The topological polar surface area (TPSA) is 122 Å². The second kappa shape index (κ2) is 21.9. The molecule has 0 heterocycles. The van der Waals surface area contributed by atoms with Crippen LogP contribution in [0.4, 0.5) is 0 Å². The van der Waals surface area contributed by atoms with Crippen molar-refractivity contribution in [2.24, 2.45) is 16.7 Å². The van der Waals surface area contributed by atoms with E-state index in [1.54, 1.807) is 0 Å². The molecule has 0 bridgehead atoms. The predicted octanol–water partition coefficient (Wildman–Crippen LogP) is 4.80. The van der Waals surface area contributed by atoms with E-state index in [0.717, 1.165) is 33.2 Å². The maximum Gasteiger partial charge on any atom is 0.213 e. The van der Waals surface area contributed by atoms with Crippen LogP contribution >= 0.6 is 56.7 Å². The fraction of sp³-hybridized carbons (Fsp3) is 0.300. The van der Waals surface area contributed by atoms with Crippen LogP contribution in [0.5, 0.6) is 0 Å². The summed E-state index contributed by atoms with van der Waals surface area (Å²) in [6.07, 6.45) is 0. The van der Waals surface area contributed by atoms with Crippen molar-refractivity contribution in [3.8, 4) is 0 Å². The monoisotopic (exact) mass is 600 g/mol. The number of ether oxygens (including phenoxy) is 1. The molecule has 11 heteroatoms. The third-order valence-corrected chi connectivity index (χ3v) is 4.15. The van der Waals surface area contributed by atoms with E-state index in [9.17, 15) is 0 Å². The van der Waals surface area contributed by atoms with E-state index >= 15 is 0 Å². The number of nitrogens with two attached hydrogens (primary N) is 2. The molecule has 176 valence electrons. The van der Waals surface area contributed by atoms with E-state index in [1.807, 2.05) is 69.3 Å². The maximum atomic E-state index is 7.46. The predicted molar refractivity (Wildman–Crippen MR) is 143 cm³/mol. The molecule has 0 amide bonds. The number of nitrogens with one attached hydrogen (secondary N) is 3. The number of hydrazone groups is 1. The molecule has 2 aromatic rings. The Morgan fingerprint density at radius 3 is 1.68 bits per heavy atom. The van der Waals surface area contributed by atoms with E-state index < -0.39 is 0 Å². The number of hydrogen-bond donors (Lipinski definition) is 5. The van der Waals surface area contributed by atoms with Crippen LogP contribution in [0.2, 0.25) is 0 Å². The number of hydrazine groups is 1. The zero-order valence-electron chi connectivity index (χ0n) is 17.8. The zero-order valence-corrected chi connectivity index (χ0v) is 22.6. The van der Waals surface area contributed by atoms with Gasteiger partial charge in [0, 0.05) is 33.2 Å². The van der Waals surface area contributed by atoms with E-state index in [4.69, 9.17) is 21.7 Å². The molecule has 0 aromatic heterocycles. The highest BCUT2D eigenvalue weighted by molar-refractivity contribution is 9.10. The van der Waals surface area contributed by atoms with Gasteiger partial charge in [0.15, 0.2) is 5.84 Å². The first-order valence-electron chi connectivity index (χ1n) is 9.12. The van der Waals surface area contributed by atoms with Crippen molar-refractivity contribution in [2.75, 3.05) is 19.7 Å². The first kappa shape index (κ1) is 34.3. The SMILES string of the molecule is CCNN.CCNN=C(N)c1ccc(Br)cc1.CCOC(=N)c1ccc(Br)cc1.Cl.Cl. The van der Waals surface area contributed by atoms with Gasteiger partial charge in [-0.25, -0.2) is 0 Å². The molecule has 0 unspecified atom stereocenters. The van der Waals surface area contributed by atoms with Crippen LogP contribution in [0.15, 0.2) is 62.6 Å². The number of halogens is 4. The molecule has 0 saturated carbocycles. The van der Waals surface area contributed by atoms with Gasteiger partial charge in [-0.15, -0.1) is 24.8 Å². The summed E-state index contributed by atoms with van der Waals surface area (Å²) in [7, 11) is 0. The lowest BCUT2D eigenvalue weighted by Crippen LogP contribution is -2.20. The summed E-state index contributed by atoms with van der Waals surface area (Å²) >= 11 is 6.67. The molecule has 0 aliphatic rings. The third-order valence-electron chi connectivity index (χ3n) is 3.10. The minimum atomic E-state index is 0. The largest absolute Gasteiger partial charge is 0.478 e. The van der Waals surface area contributed by atoms with Crippen molar-refractivity contribution in [3.63, 3.8) is 0 Å². The molecular formula is C20H32Br2Cl2N6O. The lowest BCUT2D eigenvalue weighted by Gasteiger charge is -2.03. The molecule has 7 N–H and O–H groups in total. The molecule has 0 aliphatic carbocycles. The number of rotatable bonds is 6. The van der Waals surface area contributed by atoms with Crippen molar-refractivity contribution in [1.82, 2.24) is 10.9 Å². The standard InChI is InChI=1S/C9H12BrN3.C9H10BrNO.C2H8N2.2ClH/c1-2-12-13-9(11)7-3-5-8(10)6-4-7;1-2-12-9(11)7-3-5-8(10)6-4-7;1-2-4-3;;/h3-6,12H,2H2,1H3,(H2,11,13);3-6,11H,2H2,1H3;4H,2-3H2,1H3;2*1H. The number of hydrogen-bond acceptors (Lipinski definition) is 6. The first-order chi connectivity index (χ1) is 13.9. The summed E-state index contributed by atoms with van der Waals surface area (Å²) in [6.45, 7) is 7.94. The Morgan fingerprint density at radius 1 is 0.903 bits per heavy atom. The second-order valence-electron chi connectivity index (χ2n) is 5.34. The molecule has 0 fully saturated rings. The number of nitrogens with zero attached hydrogens (tertiary/aromatic N) is 1. The molecule has 0 atom stereocenters. The van der Waals surface area contributed by atoms with E-state index in [2.05, 4.69) is 47.8 Å². The average Bonchev–Trinajstić information content (AvgIpc) is 2.74. The molecular weight excluding hydrogens is 571 g/mol. The van der Waals surface area contributed by atoms with Crippen LogP contribution in [0, 0.1) is 5.41 Å². The van der Waals surface area contributed by atoms with Crippen molar-refractivity contribution in [2.45, 2.75) is 20.8 Å². The van der Waals surface area contributed by atoms with Crippen LogP contribution in [0.1, 0.15) is 31.9 Å². The zero-order chi connectivity index (χ0) is 22.1. The van der Waals surface area contributed by atoms with E-state index in [-0.39, 0.29) is 30.7 Å². The van der Waals surface area contributed by atoms with Crippen molar-refractivity contribution < 1.29 is 4.74 Å². The van der Waals surface area contributed by atoms with Gasteiger partial charge in [-0.2, -0.15) is 5.10 Å². The number of amidine groups is 1. The van der Waals surface area contributed by atoms with Gasteiger partial charge in [0.2, 0.25) is 5.90 Å². The summed E-state index contributed by atoms with van der Waals surface area (Å²) in [4.78, 5) is 0. The van der Waals surface area contributed by atoms with Gasteiger partial charge in [-0.3, -0.25) is 16.7 Å². The van der Waals surface area contributed by atoms with E-state index in [0.29, 0.717) is 12.4 Å². The molecule has 2 rings (SSSR count). The smallest absolute Gasteiger partial charge is 0.213 e. The highest BCUT2D eigenvalue weighted by Gasteiger charge is 1.99. The first-order valence-corrected chi connectivity index (χ1v) is 10.7. The number of benzene rings is 2. The molecule has 0 saturated heterocycles. The summed E-state index contributed by atoms with van der Waals surface area (Å²) in [5.41, 5.74) is 12.7. The Kier molecular flexibility index (Phi) is 24.2. The Labute approximate surface area is 214 Å². The lowest BCUT2D eigenvalue weighted by atomic mass is 10.2. The molecule has 0 spiro atoms. The Morgan fingerprint density at radius 2 is 1.32 bits per heavy atom. The molecule has 0 aliphatic heterocycles. The van der Waals surface area contributed by atoms with Gasteiger partial charge in [0.1, 0.15) is 0 Å². The molecule has 31 heavy (non-hydrogen) atoms. The van der Waals surface area contributed by atoms with Gasteiger partial charge in [-0.05, 0) is 50.2 Å². The summed E-state index contributed by atoms with van der Waals surface area (Å²) in [6, 6.07) is 15.2. The van der Waals surface area contributed by atoms with Gasteiger partial charge >= 0.3 is 0 Å². The fourth-order valence-corrected chi connectivity index (χ4v) is 2.21. The van der Waals surface area contributed by atoms with Crippen molar-refractivity contribution in [1.29, 1.82) is 5.41 Å². The summed E-state index contributed by atoms with van der Waals surface area (Å²) in [5, 5.41) is 11.4. The van der Waals surface area contributed by atoms with Gasteiger partial charge in [0.25, 0.3) is 0 Å². The normalized spacial score (nSPS) is 9.42. The van der Waals surface area contributed by atoms with Crippen LogP contribution in [0.3, 0.4) is 0 Å². The highest BCUT2D eigenvalue weighted by Crippen LogP contribution is 2.11. The van der Waals surface area contributed by atoms with E-state index in [1.165, 1.54) is 0 Å². The Hall–Kier alpha value is -1.36. The minimum Gasteiger partial charge on any atom is -0.478 e. The van der Waals surface area contributed by atoms with Crippen LogP contribution in [-0.4, -0.2) is 31.4 Å². The Bertz CT molecular complexity index is 729. The molecule has 0 radical (unpaired) electrons. The molecule has 2 aromatic carbocycles. The second-order valence-corrected chi connectivity index (χ2v) is 7.17. The van der Waals surface area contributed by atoms with Crippen LogP contribution in [0.25, 0.3) is 0 Å². The molecule has 7 nitrogen and oxygen atoms in total. The lowest BCUT2D eigenvalue weighted by molar-refractivity contribution is 0.325. The quantitative estimate of drug-likeness (QED) is 0.141. The van der Waals surface area contributed by atoms with Gasteiger partial charge in [0.05, 0.1) is 6.61 Å². The minimum absolute atomic E-state index is 0. The Balaban J connectivity index is -0.000000410. The van der Waals surface area contributed by atoms with Crippen molar-refractivity contribution >= 4 is 68.4 Å². The summed E-state index contributed by atoms with van der Waals surface area (Å²) in [5.74, 6) is 5.51. The fourth-order valence-electron chi connectivity index (χ4n) is 1.68.